The molecule has 1 aliphatic carbocycles. The van der Waals surface area contributed by atoms with Crippen LogP contribution in [0.4, 0.5) is 0 Å². The van der Waals surface area contributed by atoms with Gasteiger partial charge in [-0.3, -0.25) is 0 Å². The molecule has 0 aromatic rings. The second kappa shape index (κ2) is 3.41. The van der Waals surface area contributed by atoms with Gasteiger partial charge >= 0.3 is 0 Å². The van der Waals surface area contributed by atoms with Gasteiger partial charge in [-0.05, 0) is 18.9 Å². The Morgan fingerprint density at radius 2 is 2.08 bits per heavy atom. The topological polar surface area (TPSA) is 37.4 Å². The second-order valence-corrected chi connectivity index (χ2v) is 5.09. The molecule has 68 valence electrons. The normalized spacial score (nSPS) is 18.1. The second-order valence-electron chi connectivity index (χ2n) is 2.89. The maximum atomic E-state index is 11.5. The van der Waals surface area contributed by atoms with Crippen LogP contribution in [0.3, 0.4) is 0 Å². The van der Waals surface area contributed by atoms with E-state index < -0.39 is 10.0 Å². The quantitative estimate of drug-likeness (QED) is 0.649. The van der Waals surface area contributed by atoms with Gasteiger partial charge in [-0.15, -0.1) is 0 Å². The monoisotopic (exact) mass is 187 g/mol. The summed E-state index contributed by atoms with van der Waals surface area (Å²) < 4.78 is 24.3. The Bertz CT molecular complexity index is 312. The van der Waals surface area contributed by atoms with Gasteiger partial charge in [-0.1, -0.05) is 12.2 Å². The highest BCUT2D eigenvalue weighted by atomic mass is 32.2. The minimum atomic E-state index is -3.16. The Morgan fingerprint density at radius 3 is 2.50 bits per heavy atom. The van der Waals surface area contributed by atoms with Crippen LogP contribution in [0.25, 0.3) is 0 Å². The maximum absolute atomic E-state index is 11.5. The van der Waals surface area contributed by atoms with Crippen LogP contribution in [0, 0.1) is 0 Å². The van der Waals surface area contributed by atoms with Gasteiger partial charge in [0.15, 0.2) is 0 Å². The highest BCUT2D eigenvalue weighted by Gasteiger charge is 2.19. The van der Waals surface area contributed by atoms with Gasteiger partial charge in [0.1, 0.15) is 0 Å². The number of rotatable bonds is 2. The third-order valence-electron chi connectivity index (χ3n) is 1.79. The molecule has 12 heavy (non-hydrogen) atoms. The molecule has 1 aliphatic rings. The van der Waals surface area contributed by atoms with Crippen LogP contribution in [0.15, 0.2) is 23.1 Å². The first-order chi connectivity index (χ1) is 5.55. The van der Waals surface area contributed by atoms with Crippen LogP contribution in [-0.4, -0.2) is 26.8 Å². The zero-order chi connectivity index (χ0) is 9.19. The summed E-state index contributed by atoms with van der Waals surface area (Å²) in [6.07, 6.45) is 6.86. The lowest BCUT2D eigenvalue weighted by Crippen LogP contribution is -2.24. The molecule has 0 saturated carbocycles. The molecule has 3 nitrogen and oxygen atoms in total. The smallest absolute Gasteiger partial charge is 0.207 e. The van der Waals surface area contributed by atoms with Crippen molar-refractivity contribution in [1.82, 2.24) is 4.31 Å². The Morgan fingerprint density at radius 1 is 1.42 bits per heavy atom. The Kier molecular flexibility index (Phi) is 2.69. The van der Waals surface area contributed by atoms with Crippen LogP contribution < -0.4 is 0 Å². The predicted molar refractivity (Wildman–Crippen MR) is 49.1 cm³/mol. The molecule has 0 N–H and O–H groups in total. The molecule has 0 saturated heterocycles. The van der Waals surface area contributed by atoms with Gasteiger partial charge < -0.3 is 0 Å². The molecular weight excluding hydrogens is 174 g/mol. The summed E-state index contributed by atoms with van der Waals surface area (Å²) in [6.45, 7) is 0. The predicted octanol–water partition coefficient (Wildman–Crippen LogP) is 1.11. The van der Waals surface area contributed by atoms with Gasteiger partial charge in [-0.25, -0.2) is 12.7 Å². The summed E-state index contributed by atoms with van der Waals surface area (Å²) in [6, 6.07) is 0. The van der Waals surface area contributed by atoms with E-state index in [0.29, 0.717) is 11.3 Å². The number of nitrogens with zero attached hydrogens (tertiary/aromatic N) is 1. The molecule has 0 atom stereocenters. The molecule has 0 heterocycles. The zero-order valence-corrected chi connectivity index (χ0v) is 8.13. The lowest BCUT2D eigenvalue weighted by molar-refractivity contribution is 0.526. The van der Waals surface area contributed by atoms with Crippen LogP contribution in [0.2, 0.25) is 0 Å². The van der Waals surface area contributed by atoms with Crippen molar-refractivity contribution < 1.29 is 8.42 Å². The first kappa shape index (κ1) is 9.48. The van der Waals surface area contributed by atoms with E-state index in [1.165, 1.54) is 4.31 Å². The fourth-order valence-corrected chi connectivity index (χ4v) is 2.13. The molecular formula is C8H13NO2S. The average molecular weight is 187 g/mol. The van der Waals surface area contributed by atoms with E-state index in [1.807, 2.05) is 6.08 Å². The van der Waals surface area contributed by atoms with Gasteiger partial charge in [-0.2, -0.15) is 0 Å². The summed E-state index contributed by atoms with van der Waals surface area (Å²) in [5.41, 5.74) is 0. The van der Waals surface area contributed by atoms with Crippen molar-refractivity contribution in [3.8, 4) is 0 Å². The summed E-state index contributed by atoms with van der Waals surface area (Å²) in [5.74, 6) is 0. The number of allylic oxidation sites excluding steroid dienone is 4. The van der Waals surface area contributed by atoms with Crippen LogP contribution in [0.1, 0.15) is 12.8 Å². The molecule has 0 amide bonds. The van der Waals surface area contributed by atoms with Gasteiger partial charge in [0, 0.05) is 14.1 Å². The van der Waals surface area contributed by atoms with Gasteiger partial charge in [0.25, 0.3) is 0 Å². The van der Waals surface area contributed by atoms with Crippen molar-refractivity contribution in [2.75, 3.05) is 14.1 Å². The highest BCUT2D eigenvalue weighted by Crippen LogP contribution is 2.19. The largest absolute Gasteiger partial charge is 0.238 e. The lowest BCUT2D eigenvalue weighted by Gasteiger charge is -2.15. The van der Waals surface area contributed by atoms with E-state index in [4.69, 9.17) is 0 Å². The van der Waals surface area contributed by atoms with Crippen molar-refractivity contribution in [2.24, 2.45) is 0 Å². The molecule has 4 heteroatoms. The fraction of sp³-hybridized carbons (Fsp3) is 0.500. The minimum absolute atomic E-state index is 0.509. The molecule has 0 spiro atoms. The highest BCUT2D eigenvalue weighted by molar-refractivity contribution is 7.93. The van der Waals surface area contributed by atoms with Crippen molar-refractivity contribution >= 4 is 10.0 Å². The maximum Gasteiger partial charge on any atom is 0.238 e. The van der Waals surface area contributed by atoms with Crippen molar-refractivity contribution in [3.05, 3.63) is 23.1 Å². The number of hydrogen-bond donors (Lipinski definition) is 0. The molecule has 0 aromatic carbocycles. The van der Waals surface area contributed by atoms with E-state index >= 15 is 0 Å². The van der Waals surface area contributed by atoms with Gasteiger partial charge in [0.2, 0.25) is 10.0 Å². The molecule has 0 unspecified atom stereocenters. The molecule has 0 aliphatic heterocycles. The van der Waals surface area contributed by atoms with E-state index in [1.54, 1.807) is 26.2 Å². The summed E-state index contributed by atoms with van der Waals surface area (Å²) >= 11 is 0. The molecule has 1 rings (SSSR count). The first-order valence-electron chi connectivity index (χ1n) is 3.83. The van der Waals surface area contributed by atoms with Crippen LogP contribution in [-0.2, 0) is 10.0 Å². The fourth-order valence-electron chi connectivity index (χ4n) is 1.03. The van der Waals surface area contributed by atoms with E-state index in [-0.39, 0.29) is 0 Å². The molecule has 0 aromatic heterocycles. The molecule has 0 radical (unpaired) electrons. The molecule has 0 bridgehead atoms. The van der Waals surface area contributed by atoms with Crippen LogP contribution >= 0.6 is 0 Å². The van der Waals surface area contributed by atoms with E-state index in [2.05, 4.69) is 0 Å². The average Bonchev–Trinajstić information content (AvgIpc) is 2.06. The minimum Gasteiger partial charge on any atom is -0.207 e. The standard InChI is InChI=1S/C8H13NO2S/c1-9(2)12(10,11)8-6-4-3-5-7-8/h3-4,6H,5,7H2,1-2H3. The third-order valence-corrected chi connectivity index (χ3v) is 3.75. The number of sulfonamides is 1. The summed E-state index contributed by atoms with van der Waals surface area (Å²) in [7, 11) is -0.0566. The van der Waals surface area contributed by atoms with Gasteiger partial charge in [0.05, 0.1) is 4.91 Å². The summed E-state index contributed by atoms with van der Waals surface area (Å²) in [4.78, 5) is 0.509. The van der Waals surface area contributed by atoms with Crippen LogP contribution in [0.5, 0.6) is 0 Å². The van der Waals surface area contributed by atoms with Crippen molar-refractivity contribution in [1.29, 1.82) is 0 Å². The first-order valence-corrected chi connectivity index (χ1v) is 5.27. The Balaban J connectivity index is 2.97. The SMILES string of the molecule is CN(C)S(=O)(=O)C1=CC=CCC1. The molecule has 0 fully saturated rings. The van der Waals surface area contributed by atoms with Crippen molar-refractivity contribution in [3.63, 3.8) is 0 Å². The Hall–Kier alpha value is -0.610. The lowest BCUT2D eigenvalue weighted by atomic mass is 10.2. The van der Waals surface area contributed by atoms with E-state index in [0.717, 1.165) is 6.42 Å². The summed E-state index contributed by atoms with van der Waals surface area (Å²) in [5, 5.41) is 0. The van der Waals surface area contributed by atoms with E-state index in [9.17, 15) is 8.42 Å². The Labute approximate surface area is 73.4 Å². The third kappa shape index (κ3) is 1.76. The van der Waals surface area contributed by atoms with Crippen molar-refractivity contribution in [2.45, 2.75) is 12.8 Å². The number of hydrogen-bond acceptors (Lipinski definition) is 2. The zero-order valence-electron chi connectivity index (χ0n) is 7.32.